The van der Waals surface area contributed by atoms with Gasteiger partial charge in [-0.05, 0) is 17.7 Å². The van der Waals surface area contributed by atoms with Gasteiger partial charge in [0.25, 0.3) is 0 Å². The zero-order chi connectivity index (χ0) is 13.1. The molecule has 0 spiro atoms. The Morgan fingerprint density at radius 3 is 2.50 bits per heavy atom. The molecule has 5 nitrogen and oxygen atoms in total. The van der Waals surface area contributed by atoms with E-state index in [2.05, 4.69) is 11.6 Å². The highest BCUT2D eigenvalue weighted by molar-refractivity contribution is 5.79. The van der Waals surface area contributed by atoms with Crippen molar-refractivity contribution in [1.29, 1.82) is 0 Å². The average molecular weight is 245 g/mol. The van der Waals surface area contributed by atoms with Crippen LogP contribution in [-0.4, -0.2) is 11.9 Å². The molecule has 0 aliphatic carbocycles. The molecule has 0 bridgehead atoms. The first-order valence-electron chi connectivity index (χ1n) is 5.62. The van der Waals surface area contributed by atoms with Gasteiger partial charge < -0.3 is 16.2 Å². The van der Waals surface area contributed by atoms with Crippen LogP contribution in [0.5, 0.6) is 0 Å². The Bertz CT molecular complexity index is 485. The van der Waals surface area contributed by atoms with Crippen LogP contribution in [0.15, 0.2) is 41.6 Å². The molecule has 4 N–H and O–H groups in total. The van der Waals surface area contributed by atoms with Crippen LogP contribution in [0.1, 0.15) is 24.3 Å². The van der Waals surface area contributed by atoms with Crippen molar-refractivity contribution in [2.24, 2.45) is 16.5 Å². The second-order valence-electron chi connectivity index (χ2n) is 4.25. The van der Waals surface area contributed by atoms with Crippen molar-refractivity contribution in [3.8, 4) is 0 Å². The molecule has 1 aromatic carbocycles. The molecule has 0 radical (unpaired) electrons. The average Bonchev–Trinajstić information content (AvgIpc) is 2.27. The SMILES string of the molecule is C=C1C[C@H](c2ccc(N=C(N)N)cc2)CC(=O)O1. The van der Waals surface area contributed by atoms with Crippen molar-refractivity contribution in [3.63, 3.8) is 0 Å². The molecule has 5 heteroatoms. The highest BCUT2D eigenvalue weighted by atomic mass is 16.5. The first kappa shape index (κ1) is 12.2. The van der Waals surface area contributed by atoms with E-state index in [0.717, 1.165) is 5.56 Å². The smallest absolute Gasteiger partial charge is 0.311 e. The van der Waals surface area contributed by atoms with Crippen LogP contribution in [0.4, 0.5) is 5.69 Å². The summed E-state index contributed by atoms with van der Waals surface area (Å²) in [7, 11) is 0. The summed E-state index contributed by atoms with van der Waals surface area (Å²) < 4.78 is 4.93. The number of allylic oxidation sites excluding steroid dienone is 1. The number of hydrogen-bond donors (Lipinski definition) is 2. The number of hydrogen-bond acceptors (Lipinski definition) is 3. The number of nitrogens with zero attached hydrogens (tertiary/aromatic N) is 1. The van der Waals surface area contributed by atoms with Gasteiger partial charge in [0, 0.05) is 12.3 Å². The maximum Gasteiger partial charge on any atom is 0.311 e. The van der Waals surface area contributed by atoms with Crippen LogP contribution >= 0.6 is 0 Å². The molecule has 0 unspecified atom stereocenters. The molecule has 18 heavy (non-hydrogen) atoms. The normalized spacial score (nSPS) is 19.2. The van der Waals surface area contributed by atoms with E-state index in [4.69, 9.17) is 16.2 Å². The fraction of sp³-hybridized carbons (Fsp3) is 0.231. The number of aliphatic imine (C=N–C) groups is 1. The number of carbonyl (C=O) groups excluding carboxylic acids is 1. The van der Waals surface area contributed by atoms with Crippen molar-refractivity contribution in [3.05, 3.63) is 42.2 Å². The van der Waals surface area contributed by atoms with Gasteiger partial charge in [0.1, 0.15) is 5.76 Å². The van der Waals surface area contributed by atoms with E-state index in [1.165, 1.54) is 0 Å². The summed E-state index contributed by atoms with van der Waals surface area (Å²) in [5.74, 6) is 0.429. The van der Waals surface area contributed by atoms with Crippen LogP contribution in [0.25, 0.3) is 0 Å². The molecule has 1 atom stereocenters. The van der Waals surface area contributed by atoms with Gasteiger partial charge in [-0.1, -0.05) is 18.7 Å². The van der Waals surface area contributed by atoms with Gasteiger partial charge in [-0.3, -0.25) is 4.79 Å². The lowest BCUT2D eigenvalue weighted by atomic mass is 9.90. The third-order valence-electron chi connectivity index (χ3n) is 2.77. The van der Waals surface area contributed by atoms with E-state index in [0.29, 0.717) is 24.3 Å². The molecule has 1 aliphatic rings. The van der Waals surface area contributed by atoms with Crippen molar-refractivity contribution >= 4 is 17.6 Å². The molecular weight excluding hydrogens is 230 g/mol. The van der Waals surface area contributed by atoms with Gasteiger partial charge in [-0.15, -0.1) is 0 Å². The largest absolute Gasteiger partial charge is 0.432 e. The number of rotatable bonds is 2. The quantitative estimate of drug-likeness (QED) is 0.469. The maximum absolute atomic E-state index is 11.3. The molecule has 94 valence electrons. The lowest BCUT2D eigenvalue weighted by Crippen LogP contribution is -2.21. The molecular formula is C13H15N3O2. The second kappa shape index (κ2) is 4.91. The highest BCUT2D eigenvalue weighted by Gasteiger charge is 2.24. The standard InChI is InChI=1S/C13H15N3O2/c1-8-6-10(7-12(17)18-8)9-2-4-11(5-3-9)16-13(14)15/h2-5,10H,1,6-7H2,(H4,14,15,16)/t10-/m0/s1. The molecule has 1 heterocycles. The summed E-state index contributed by atoms with van der Waals surface area (Å²) in [6.07, 6.45) is 1.04. The summed E-state index contributed by atoms with van der Waals surface area (Å²) in [6, 6.07) is 7.46. The first-order chi connectivity index (χ1) is 8.54. The van der Waals surface area contributed by atoms with Crippen molar-refractivity contribution < 1.29 is 9.53 Å². The third-order valence-corrected chi connectivity index (χ3v) is 2.77. The Labute approximate surface area is 105 Å². The fourth-order valence-electron chi connectivity index (χ4n) is 2.00. The summed E-state index contributed by atoms with van der Waals surface area (Å²) in [5, 5.41) is 0. The summed E-state index contributed by atoms with van der Waals surface area (Å²) >= 11 is 0. The lowest BCUT2D eigenvalue weighted by Gasteiger charge is -2.22. The molecule has 1 saturated heterocycles. The topological polar surface area (TPSA) is 90.7 Å². The zero-order valence-corrected chi connectivity index (χ0v) is 9.93. The number of esters is 1. The molecule has 2 rings (SSSR count). The minimum atomic E-state index is -0.232. The third kappa shape index (κ3) is 2.88. The number of nitrogens with two attached hydrogens (primary N) is 2. The van der Waals surface area contributed by atoms with Gasteiger partial charge in [0.2, 0.25) is 0 Å². The van der Waals surface area contributed by atoms with E-state index in [1.54, 1.807) is 0 Å². The molecule has 0 amide bonds. The van der Waals surface area contributed by atoms with Crippen LogP contribution in [0.3, 0.4) is 0 Å². The Morgan fingerprint density at radius 2 is 1.94 bits per heavy atom. The minimum Gasteiger partial charge on any atom is -0.432 e. The maximum atomic E-state index is 11.3. The number of guanidine groups is 1. The van der Waals surface area contributed by atoms with Crippen LogP contribution in [0.2, 0.25) is 0 Å². The van der Waals surface area contributed by atoms with Gasteiger partial charge in [0.15, 0.2) is 5.96 Å². The molecule has 1 aromatic rings. The number of carbonyl (C=O) groups is 1. The van der Waals surface area contributed by atoms with Gasteiger partial charge in [-0.25, -0.2) is 4.99 Å². The summed E-state index contributed by atoms with van der Waals surface area (Å²) in [5.41, 5.74) is 12.3. The minimum absolute atomic E-state index is 0.0253. The van der Waals surface area contributed by atoms with E-state index < -0.39 is 0 Å². The van der Waals surface area contributed by atoms with Crippen molar-refractivity contribution in [2.75, 3.05) is 0 Å². The lowest BCUT2D eigenvalue weighted by molar-refractivity contribution is -0.142. The summed E-state index contributed by atoms with van der Waals surface area (Å²) in [4.78, 5) is 15.3. The second-order valence-corrected chi connectivity index (χ2v) is 4.25. The number of ether oxygens (including phenoxy) is 1. The van der Waals surface area contributed by atoms with Crippen molar-refractivity contribution in [1.82, 2.24) is 0 Å². The number of benzene rings is 1. The Hall–Kier alpha value is -2.30. The predicted molar refractivity (Wildman–Crippen MR) is 69.1 cm³/mol. The van der Waals surface area contributed by atoms with Crippen molar-refractivity contribution in [2.45, 2.75) is 18.8 Å². The van der Waals surface area contributed by atoms with E-state index >= 15 is 0 Å². The predicted octanol–water partition coefficient (Wildman–Crippen LogP) is 1.53. The molecule has 0 saturated carbocycles. The fourth-order valence-corrected chi connectivity index (χ4v) is 2.00. The molecule has 1 aliphatic heterocycles. The highest BCUT2D eigenvalue weighted by Crippen LogP contribution is 2.32. The molecule has 1 fully saturated rings. The number of cyclic esters (lactones) is 1. The van der Waals surface area contributed by atoms with Gasteiger partial charge in [-0.2, -0.15) is 0 Å². The first-order valence-corrected chi connectivity index (χ1v) is 5.62. The van der Waals surface area contributed by atoms with Crippen LogP contribution in [0, 0.1) is 0 Å². The van der Waals surface area contributed by atoms with Gasteiger partial charge in [0.05, 0.1) is 12.1 Å². The Morgan fingerprint density at radius 1 is 1.28 bits per heavy atom. The van der Waals surface area contributed by atoms with E-state index in [-0.39, 0.29) is 17.8 Å². The zero-order valence-electron chi connectivity index (χ0n) is 9.93. The van der Waals surface area contributed by atoms with Crippen LogP contribution < -0.4 is 11.5 Å². The van der Waals surface area contributed by atoms with E-state index in [1.807, 2.05) is 24.3 Å². The van der Waals surface area contributed by atoms with E-state index in [9.17, 15) is 4.79 Å². The van der Waals surface area contributed by atoms with Crippen LogP contribution in [-0.2, 0) is 9.53 Å². The Balaban J connectivity index is 2.16. The Kier molecular flexibility index (Phi) is 3.32. The van der Waals surface area contributed by atoms with Gasteiger partial charge >= 0.3 is 5.97 Å². The molecule has 0 aromatic heterocycles. The summed E-state index contributed by atoms with van der Waals surface area (Å²) in [6.45, 7) is 3.70. The monoisotopic (exact) mass is 245 g/mol.